The lowest BCUT2D eigenvalue weighted by atomic mass is 9.89. The Kier molecular flexibility index (Phi) is 6.22. The van der Waals surface area contributed by atoms with Gasteiger partial charge in [-0.25, -0.2) is 4.98 Å². The van der Waals surface area contributed by atoms with Gasteiger partial charge in [0.15, 0.2) is 0 Å². The summed E-state index contributed by atoms with van der Waals surface area (Å²) in [5.41, 5.74) is 0. The molecule has 2 atom stereocenters. The van der Waals surface area contributed by atoms with Gasteiger partial charge in [-0.05, 0) is 37.3 Å². The molecule has 0 saturated carbocycles. The molecule has 1 rings (SSSR count). The van der Waals surface area contributed by atoms with Crippen molar-refractivity contribution >= 4 is 11.5 Å². The van der Waals surface area contributed by atoms with Crippen molar-refractivity contribution in [3.05, 3.63) is 10.8 Å². The summed E-state index contributed by atoms with van der Waals surface area (Å²) in [5.74, 6) is 2.45. The van der Waals surface area contributed by atoms with Gasteiger partial charge in [0.1, 0.15) is 10.8 Å². The molecule has 4 heteroatoms. The third-order valence-electron chi connectivity index (χ3n) is 3.23. The first-order valence-electron chi connectivity index (χ1n) is 7.04. The third-order valence-corrected chi connectivity index (χ3v) is 4.06. The molecular weight excluding hydrogens is 242 g/mol. The molecule has 0 aliphatic heterocycles. The van der Waals surface area contributed by atoms with Gasteiger partial charge in [0, 0.05) is 17.9 Å². The van der Waals surface area contributed by atoms with Crippen molar-refractivity contribution in [3.63, 3.8) is 0 Å². The van der Waals surface area contributed by atoms with Gasteiger partial charge >= 0.3 is 0 Å². The molecule has 1 N–H and O–H groups in total. The van der Waals surface area contributed by atoms with Crippen molar-refractivity contribution in [2.45, 2.75) is 65.8 Å². The second-order valence-electron chi connectivity index (χ2n) is 5.66. The molecule has 18 heavy (non-hydrogen) atoms. The fourth-order valence-corrected chi connectivity index (χ4v) is 3.36. The first-order chi connectivity index (χ1) is 8.47. The maximum atomic E-state index is 4.73. The monoisotopic (exact) mass is 269 g/mol. The molecule has 0 radical (unpaired) electrons. The minimum absolute atomic E-state index is 0.418. The number of nitrogens with zero attached hydrogens (tertiary/aromatic N) is 2. The normalized spacial score (nSPS) is 15.3. The van der Waals surface area contributed by atoms with Crippen molar-refractivity contribution in [1.82, 2.24) is 14.7 Å². The zero-order valence-electron chi connectivity index (χ0n) is 12.5. The van der Waals surface area contributed by atoms with Crippen LogP contribution in [-0.2, 0) is 0 Å². The van der Waals surface area contributed by atoms with Crippen LogP contribution in [0.25, 0.3) is 0 Å². The van der Waals surface area contributed by atoms with Crippen LogP contribution in [0.15, 0.2) is 0 Å². The van der Waals surface area contributed by atoms with Crippen LogP contribution in [0.3, 0.4) is 0 Å². The van der Waals surface area contributed by atoms with Gasteiger partial charge in [-0.2, -0.15) is 4.37 Å². The van der Waals surface area contributed by atoms with Crippen LogP contribution in [-0.4, -0.2) is 21.9 Å². The van der Waals surface area contributed by atoms with Gasteiger partial charge in [-0.3, -0.25) is 0 Å². The first kappa shape index (κ1) is 15.6. The van der Waals surface area contributed by atoms with Crippen LogP contribution < -0.4 is 5.32 Å². The molecule has 0 spiro atoms. The molecule has 0 amide bonds. The average Bonchev–Trinajstić information content (AvgIpc) is 2.75. The molecule has 1 aromatic rings. The number of hydrogen-bond acceptors (Lipinski definition) is 4. The van der Waals surface area contributed by atoms with E-state index in [0.29, 0.717) is 23.8 Å². The van der Waals surface area contributed by atoms with Crippen molar-refractivity contribution in [1.29, 1.82) is 0 Å². The molecule has 0 bridgehead atoms. The Bertz CT molecular complexity index is 347. The van der Waals surface area contributed by atoms with E-state index in [1.807, 2.05) is 0 Å². The molecule has 0 aromatic carbocycles. The van der Waals surface area contributed by atoms with Gasteiger partial charge in [0.05, 0.1) is 0 Å². The summed E-state index contributed by atoms with van der Waals surface area (Å²) >= 11 is 1.57. The fourth-order valence-electron chi connectivity index (χ4n) is 2.19. The van der Waals surface area contributed by atoms with E-state index < -0.39 is 0 Å². The van der Waals surface area contributed by atoms with Crippen molar-refractivity contribution in [3.8, 4) is 0 Å². The summed E-state index contributed by atoms with van der Waals surface area (Å²) in [6, 6.07) is 0.456. The highest BCUT2D eigenvalue weighted by Crippen LogP contribution is 2.30. The van der Waals surface area contributed by atoms with Crippen LogP contribution in [0.4, 0.5) is 0 Å². The summed E-state index contributed by atoms with van der Waals surface area (Å²) in [6.45, 7) is 14.4. The topological polar surface area (TPSA) is 37.8 Å². The van der Waals surface area contributed by atoms with Gasteiger partial charge in [-0.1, -0.05) is 34.6 Å². The van der Waals surface area contributed by atoms with E-state index in [2.05, 4.69) is 51.2 Å². The zero-order valence-corrected chi connectivity index (χ0v) is 13.3. The van der Waals surface area contributed by atoms with Crippen molar-refractivity contribution < 1.29 is 0 Å². The summed E-state index contributed by atoms with van der Waals surface area (Å²) < 4.78 is 4.48. The van der Waals surface area contributed by atoms with E-state index >= 15 is 0 Å². The zero-order chi connectivity index (χ0) is 13.7. The summed E-state index contributed by atoms with van der Waals surface area (Å²) in [7, 11) is 0. The molecule has 0 fully saturated rings. The van der Waals surface area contributed by atoms with E-state index in [0.717, 1.165) is 12.4 Å². The highest BCUT2D eigenvalue weighted by Gasteiger charge is 2.26. The lowest BCUT2D eigenvalue weighted by molar-refractivity contribution is 0.376. The van der Waals surface area contributed by atoms with Crippen molar-refractivity contribution in [2.75, 3.05) is 6.54 Å². The number of rotatable bonds is 7. The molecule has 3 nitrogen and oxygen atoms in total. The summed E-state index contributed by atoms with van der Waals surface area (Å²) in [4.78, 5) is 4.73. The highest BCUT2D eigenvalue weighted by atomic mass is 32.1. The Morgan fingerprint density at radius 3 is 2.28 bits per heavy atom. The van der Waals surface area contributed by atoms with Crippen LogP contribution in [0.5, 0.6) is 0 Å². The van der Waals surface area contributed by atoms with Gasteiger partial charge < -0.3 is 5.32 Å². The second-order valence-corrected chi connectivity index (χ2v) is 6.44. The molecule has 0 saturated heterocycles. The van der Waals surface area contributed by atoms with Crippen LogP contribution >= 0.6 is 11.5 Å². The fraction of sp³-hybridized carbons (Fsp3) is 0.857. The Morgan fingerprint density at radius 2 is 1.83 bits per heavy atom. The predicted octanol–water partition coefficient (Wildman–Crippen LogP) is 3.79. The SMILES string of the molecule is CCCNC(C)C(c1nc(C(C)C)ns1)C(C)C. The van der Waals surface area contributed by atoms with Crippen LogP contribution in [0.2, 0.25) is 0 Å². The number of nitrogens with one attached hydrogen (secondary N) is 1. The van der Waals surface area contributed by atoms with E-state index in [-0.39, 0.29) is 0 Å². The highest BCUT2D eigenvalue weighted by molar-refractivity contribution is 7.05. The van der Waals surface area contributed by atoms with Gasteiger partial charge in [0.2, 0.25) is 0 Å². The number of hydrogen-bond donors (Lipinski definition) is 1. The summed E-state index contributed by atoms with van der Waals surface area (Å²) in [5, 5.41) is 4.77. The molecule has 1 heterocycles. The van der Waals surface area contributed by atoms with E-state index in [1.54, 1.807) is 11.5 Å². The minimum Gasteiger partial charge on any atom is -0.314 e. The Hall–Kier alpha value is -0.480. The summed E-state index contributed by atoms with van der Waals surface area (Å²) in [6.07, 6.45) is 1.17. The van der Waals surface area contributed by atoms with Crippen LogP contribution in [0.1, 0.15) is 70.6 Å². The largest absolute Gasteiger partial charge is 0.314 e. The van der Waals surface area contributed by atoms with Gasteiger partial charge in [-0.15, -0.1) is 0 Å². The lowest BCUT2D eigenvalue weighted by Gasteiger charge is -2.26. The van der Waals surface area contributed by atoms with E-state index in [4.69, 9.17) is 4.98 Å². The maximum absolute atomic E-state index is 4.73. The Balaban J connectivity index is 2.83. The van der Waals surface area contributed by atoms with E-state index in [9.17, 15) is 0 Å². The predicted molar refractivity (Wildman–Crippen MR) is 79.3 cm³/mol. The molecule has 104 valence electrons. The molecule has 0 aliphatic rings. The smallest absolute Gasteiger partial charge is 0.145 e. The third kappa shape index (κ3) is 4.02. The minimum atomic E-state index is 0.418. The quantitative estimate of drug-likeness (QED) is 0.818. The van der Waals surface area contributed by atoms with E-state index in [1.165, 1.54) is 11.4 Å². The number of aromatic nitrogens is 2. The standard InChI is InChI=1S/C14H27N3S/c1-7-8-15-11(6)12(9(2)3)14-16-13(10(4)5)17-18-14/h9-12,15H,7-8H2,1-6H3. The van der Waals surface area contributed by atoms with Crippen LogP contribution in [0, 0.1) is 5.92 Å². The van der Waals surface area contributed by atoms with Crippen molar-refractivity contribution in [2.24, 2.45) is 5.92 Å². The molecule has 1 aromatic heterocycles. The Labute approximate surface area is 116 Å². The maximum Gasteiger partial charge on any atom is 0.145 e. The Morgan fingerprint density at radius 1 is 1.17 bits per heavy atom. The lowest BCUT2D eigenvalue weighted by Crippen LogP contribution is -2.35. The second kappa shape index (κ2) is 7.19. The average molecular weight is 269 g/mol. The van der Waals surface area contributed by atoms with Gasteiger partial charge in [0.25, 0.3) is 0 Å². The molecule has 2 unspecified atom stereocenters. The first-order valence-corrected chi connectivity index (χ1v) is 7.81. The molecule has 0 aliphatic carbocycles. The molecular formula is C14H27N3S.